The summed E-state index contributed by atoms with van der Waals surface area (Å²) in [4.78, 5) is 0. The summed E-state index contributed by atoms with van der Waals surface area (Å²) in [6.45, 7) is 11.1. The molecule has 0 saturated heterocycles. The summed E-state index contributed by atoms with van der Waals surface area (Å²) in [6.07, 6.45) is -0.333. The van der Waals surface area contributed by atoms with Crippen molar-refractivity contribution in [2.24, 2.45) is 0 Å². The maximum atomic E-state index is 10.6. The van der Waals surface area contributed by atoms with Crippen LogP contribution in [0.2, 0.25) is 0 Å². The number of aliphatic hydroxyl groups is 2. The molecule has 8 aromatic carbocycles. The minimum atomic E-state index is -0.167. The van der Waals surface area contributed by atoms with Gasteiger partial charge in [0.15, 0.2) is 0 Å². The number of benzene rings is 8. The van der Waals surface area contributed by atoms with Gasteiger partial charge in [-0.15, -0.1) is 11.6 Å². The second-order valence-electron chi connectivity index (χ2n) is 13.6. The minimum absolute atomic E-state index is 0. The average molecular weight is 1310 g/mol. The van der Waals surface area contributed by atoms with Crippen LogP contribution < -0.4 is 0 Å². The third-order valence-corrected chi connectivity index (χ3v) is 11.1. The summed E-state index contributed by atoms with van der Waals surface area (Å²) in [5.74, 6) is 0.634. The Labute approximate surface area is 429 Å². The Morgan fingerprint density at radius 2 is 0.610 bits per heavy atom. The molecule has 7 N–H and O–H groups in total. The van der Waals surface area contributed by atoms with E-state index in [1.54, 1.807) is 45.9 Å². The number of phenols is 3. The Morgan fingerprint density at radius 1 is 0.390 bits per heavy atom. The van der Waals surface area contributed by atoms with Crippen molar-refractivity contribution in [1.82, 2.24) is 0 Å². The van der Waals surface area contributed by atoms with E-state index in [9.17, 15) is 15.3 Å². The van der Waals surface area contributed by atoms with Gasteiger partial charge in [0, 0.05) is 81.1 Å². The number of phenolic OH excluding ortho intramolecular Hbond substituents is 3. The molecule has 59 heavy (non-hydrogen) atoms. The van der Waals surface area contributed by atoms with Crippen molar-refractivity contribution in [3.63, 3.8) is 0 Å². The fourth-order valence-corrected chi connectivity index (χ4v) is 8.36. The molecule has 0 aliphatic rings. The molecule has 0 heterocycles. The molecule has 8 aromatic rings. The van der Waals surface area contributed by atoms with Crippen LogP contribution in [0.5, 0.6) is 17.2 Å². The molecule has 0 bridgehead atoms. The maximum absolute atomic E-state index is 10.6. The molecule has 304 valence electrons. The molecular weight excluding hydrogens is 1260 g/mol. The van der Waals surface area contributed by atoms with Crippen LogP contribution in [0.4, 0.5) is 0 Å². The van der Waals surface area contributed by atoms with Crippen LogP contribution in [0, 0.1) is 21.2 Å². The number of rotatable bonds is 2. The first-order valence-electron chi connectivity index (χ1n) is 17.7. The zero-order chi connectivity index (χ0) is 40.8. The molecule has 0 aliphatic heterocycles. The zero-order valence-corrected chi connectivity index (χ0v) is 44.4. The van der Waals surface area contributed by atoms with Crippen molar-refractivity contribution < 1.29 is 74.4 Å². The first-order valence-corrected chi connectivity index (χ1v) is 22.0. The second-order valence-corrected chi connectivity index (χ2v) is 18.6. The topological polar surface area (TPSA) is 133 Å². The molecule has 0 aliphatic carbocycles. The van der Waals surface area contributed by atoms with E-state index in [-0.39, 0.29) is 72.6 Å². The summed E-state index contributed by atoms with van der Waals surface area (Å²) < 4.78 is 4.64. The molecule has 0 saturated carbocycles. The monoisotopic (exact) mass is 1310 g/mol. The van der Waals surface area contributed by atoms with E-state index in [1.807, 2.05) is 48.5 Å². The summed E-state index contributed by atoms with van der Waals surface area (Å²) in [7, 11) is 0. The molecule has 0 amide bonds. The van der Waals surface area contributed by atoms with E-state index in [0.717, 1.165) is 66.9 Å². The fraction of sp³-hybridized carbons (Fsp3) is 0.128. The Kier molecular flexibility index (Phi) is 21.9. The summed E-state index contributed by atoms with van der Waals surface area (Å²) >= 11 is 9.18. The smallest absolute Gasteiger partial charge is 0.124 e. The zero-order valence-electron chi connectivity index (χ0n) is 32.7. The van der Waals surface area contributed by atoms with Gasteiger partial charge in [-0.05, 0) is 228 Å². The van der Waals surface area contributed by atoms with Crippen LogP contribution in [0.1, 0.15) is 33.3 Å². The van der Waals surface area contributed by atoms with Crippen molar-refractivity contribution in [1.29, 1.82) is 0 Å². The van der Waals surface area contributed by atoms with Gasteiger partial charge in [0.1, 0.15) is 17.2 Å². The van der Waals surface area contributed by atoms with Crippen LogP contribution in [0.25, 0.3) is 65.3 Å². The van der Waals surface area contributed by atoms with Gasteiger partial charge in [-0.2, -0.15) is 18.6 Å². The van der Waals surface area contributed by atoms with Crippen LogP contribution in [-0.2, 0) is 43.4 Å². The van der Waals surface area contributed by atoms with Crippen molar-refractivity contribution in [3.05, 3.63) is 148 Å². The number of halogens is 4. The van der Waals surface area contributed by atoms with Gasteiger partial charge < -0.3 is 31.0 Å². The molecule has 0 fully saturated rings. The first-order chi connectivity index (χ1) is 26.5. The molecule has 6 nitrogen and oxygen atoms in total. The predicted molar refractivity (Wildman–Crippen MR) is 272 cm³/mol. The number of fused-ring (bicyclic) bond motifs is 4. The van der Waals surface area contributed by atoms with Crippen molar-refractivity contribution >= 4 is 133 Å². The third-order valence-electron chi connectivity index (χ3n) is 8.45. The standard InChI is InChI=1S/C21H13I2O.C20H12I2O2.2C3H8O.H2O.2Ti/c1-12-2-3-13-10-15(22)5-7-17(13)20(12)21-18-8-6-16(23)11-14(18)4-9-19(21)24;21-13-3-5-15-11(9-13)1-7-17(23)19(15)20-16-6-4-14(22)10-12(16)2-8-18(20)24;2*1-3(2)4;;;/h2-11,24H,1H2;1-10,23-24H;2*3-4H,1-2H3;1H2;;/q-1;;;;;;. The van der Waals surface area contributed by atoms with Gasteiger partial charge in [-0.25, -0.2) is 0 Å². The van der Waals surface area contributed by atoms with E-state index >= 15 is 0 Å². The third kappa shape index (κ3) is 13.6. The van der Waals surface area contributed by atoms with Crippen LogP contribution in [0.3, 0.4) is 0 Å². The van der Waals surface area contributed by atoms with E-state index < -0.39 is 0 Å². The normalized spacial score (nSPS) is 10.4. The maximum Gasteiger partial charge on any atom is 0.124 e. The minimum Gasteiger partial charge on any atom is -0.508 e. The van der Waals surface area contributed by atoms with Gasteiger partial charge >= 0.3 is 0 Å². The second kappa shape index (κ2) is 24.2. The summed E-state index contributed by atoms with van der Waals surface area (Å²) in [6, 6.07) is 39.9. The van der Waals surface area contributed by atoms with E-state index in [0.29, 0.717) is 16.9 Å². The first kappa shape index (κ1) is 53.4. The molecule has 12 heteroatoms. The van der Waals surface area contributed by atoms with Gasteiger partial charge in [-0.3, -0.25) is 0 Å². The number of aromatic hydroxyl groups is 3. The molecule has 0 radical (unpaired) electrons. The molecule has 0 spiro atoms. The van der Waals surface area contributed by atoms with Crippen molar-refractivity contribution in [3.8, 4) is 39.5 Å². The van der Waals surface area contributed by atoms with Crippen LogP contribution in [-0.4, -0.2) is 43.2 Å². The van der Waals surface area contributed by atoms with Crippen LogP contribution >= 0.6 is 90.4 Å². The molecule has 0 atom stereocenters. The number of aliphatic hydroxyl groups excluding tert-OH is 2. The summed E-state index contributed by atoms with van der Waals surface area (Å²) in [5, 5.41) is 56.2. The van der Waals surface area contributed by atoms with E-state index in [1.165, 1.54) is 7.14 Å². The Morgan fingerprint density at radius 3 is 0.881 bits per heavy atom. The van der Waals surface area contributed by atoms with Crippen molar-refractivity contribution in [2.45, 2.75) is 39.9 Å². The molecule has 8 rings (SSSR count). The van der Waals surface area contributed by atoms with Crippen LogP contribution in [0.15, 0.2) is 121 Å². The Hall–Kier alpha value is -1.70. The van der Waals surface area contributed by atoms with Gasteiger partial charge in [0.05, 0.1) is 0 Å². The largest absolute Gasteiger partial charge is 0.508 e. The molecule has 0 unspecified atom stereocenters. The summed E-state index contributed by atoms with van der Waals surface area (Å²) in [5.41, 5.74) is 4.14. The Bertz CT molecular complexity index is 2320. The van der Waals surface area contributed by atoms with E-state index in [4.69, 9.17) is 10.2 Å². The number of hydrogen-bond donors (Lipinski definition) is 5. The number of hydrogen-bond acceptors (Lipinski definition) is 5. The van der Waals surface area contributed by atoms with E-state index in [2.05, 4.69) is 152 Å². The van der Waals surface area contributed by atoms with Gasteiger partial charge in [0.25, 0.3) is 0 Å². The van der Waals surface area contributed by atoms with Crippen molar-refractivity contribution in [2.75, 3.05) is 0 Å². The quantitative estimate of drug-likeness (QED) is 0.0668. The SMILES string of the molecule is CC(C)O.CC(C)O.O.Oc1ccc2cc(I)ccc2c1-c1c(O)ccc2cc(I)ccc12.[CH2-]c1ccc2cc(I)ccc2c1-c1c(O)ccc2cc(I)ccc12.[Ti].[Ti]. The molecular formula is C47H43I4O6Ti2-. The fourth-order valence-electron chi connectivity index (χ4n) is 6.30. The average Bonchev–Trinajstić information content (AvgIpc) is 3.12. The van der Waals surface area contributed by atoms with Gasteiger partial charge in [0.2, 0.25) is 0 Å². The molecule has 0 aromatic heterocycles. The Balaban J connectivity index is 0.000000330. The van der Waals surface area contributed by atoms with Gasteiger partial charge in [-0.1, -0.05) is 47.9 Å². The predicted octanol–water partition coefficient (Wildman–Crippen LogP) is 13.0.